The Morgan fingerprint density at radius 3 is 2.62 bits per heavy atom. The number of nitrogens with zero attached hydrogens (tertiary/aromatic N) is 1. The average molecular weight is 312 g/mol. The Kier molecular flexibility index (Phi) is 4.46. The van der Waals surface area contributed by atoms with E-state index < -0.39 is 11.7 Å². The Bertz CT molecular complexity index is 705. The van der Waals surface area contributed by atoms with Gasteiger partial charge in [0.05, 0.1) is 5.56 Å². The van der Waals surface area contributed by atoms with Crippen molar-refractivity contribution in [3.8, 4) is 0 Å². The van der Waals surface area contributed by atoms with E-state index in [9.17, 15) is 13.2 Å². The molecule has 0 spiro atoms. The van der Waals surface area contributed by atoms with Crippen LogP contribution in [0.15, 0.2) is 24.3 Å². The standard InChI is InChI=1S/C15H15F3N2S/c1-3-12-9(2)14(21)20-13(19-12)8-10-5-4-6-11(7-10)15(16,17)18/h4-7H,3,8H2,1-2H3,(H,19,20,21). The van der Waals surface area contributed by atoms with Gasteiger partial charge in [0.1, 0.15) is 10.5 Å². The van der Waals surface area contributed by atoms with E-state index in [-0.39, 0.29) is 0 Å². The molecule has 6 heteroatoms. The second-order valence-corrected chi connectivity index (χ2v) is 5.21. The number of aromatic nitrogens is 2. The first-order valence-electron chi connectivity index (χ1n) is 6.56. The maximum absolute atomic E-state index is 12.7. The number of halogens is 3. The maximum Gasteiger partial charge on any atom is 0.416 e. The van der Waals surface area contributed by atoms with E-state index in [1.54, 1.807) is 6.07 Å². The van der Waals surface area contributed by atoms with Crippen LogP contribution in [0.25, 0.3) is 0 Å². The van der Waals surface area contributed by atoms with E-state index >= 15 is 0 Å². The number of aryl methyl sites for hydroxylation is 1. The molecule has 112 valence electrons. The van der Waals surface area contributed by atoms with Crippen LogP contribution in [0.4, 0.5) is 13.2 Å². The lowest BCUT2D eigenvalue weighted by Gasteiger charge is -2.10. The molecule has 0 atom stereocenters. The summed E-state index contributed by atoms with van der Waals surface area (Å²) in [4.78, 5) is 7.40. The van der Waals surface area contributed by atoms with Gasteiger partial charge in [0.15, 0.2) is 0 Å². The summed E-state index contributed by atoms with van der Waals surface area (Å²) in [5, 5.41) is 0. The molecule has 0 radical (unpaired) electrons. The van der Waals surface area contributed by atoms with Crippen molar-refractivity contribution in [3.63, 3.8) is 0 Å². The van der Waals surface area contributed by atoms with Gasteiger partial charge in [0.25, 0.3) is 0 Å². The summed E-state index contributed by atoms with van der Waals surface area (Å²) in [6, 6.07) is 5.26. The number of hydrogen-bond acceptors (Lipinski definition) is 2. The van der Waals surface area contributed by atoms with Gasteiger partial charge in [-0.25, -0.2) is 4.98 Å². The zero-order valence-electron chi connectivity index (χ0n) is 11.7. The van der Waals surface area contributed by atoms with Crippen LogP contribution in [0.3, 0.4) is 0 Å². The molecule has 0 saturated heterocycles. The van der Waals surface area contributed by atoms with Crippen LogP contribution in [-0.4, -0.2) is 9.97 Å². The fourth-order valence-electron chi connectivity index (χ4n) is 2.12. The third kappa shape index (κ3) is 3.69. The molecule has 0 aliphatic rings. The largest absolute Gasteiger partial charge is 0.416 e. The summed E-state index contributed by atoms with van der Waals surface area (Å²) in [5.74, 6) is 0.585. The highest BCUT2D eigenvalue weighted by Gasteiger charge is 2.30. The minimum absolute atomic E-state index is 0.292. The Morgan fingerprint density at radius 1 is 1.29 bits per heavy atom. The normalized spacial score (nSPS) is 11.7. The number of H-pyrrole nitrogens is 1. The summed E-state index contributed by atoms with van der Waals surface area (Å²) in [6.45, 7) is 3.88. The minimum Gasteiger partial charge on any atom is -0.347 e. The molecule has 0 unspecified atom stereocenters. The summed E-state index contributed by atoms with van der Waals surface area (Å²) < 4.78 is 38.6. The van der Waals surface area contributed by atoms with E-state index in [0.29, 0.717) is 22.4 Å². The quantitative estimate of drug-likeness (QED) is 0.838. The van der Waals surface area contributed by atoms with Crippen LogP contribution in [0, 0.1) is 11.6 Å². The zero-order valence-corrected chi connectivity index (χ0v) is 12.5. The van der Waals surface area contributed by atoms with E-state index in [2.05, 4.69) is 9.97 Å². The molecular weight excluding hydrogens is 297 g/mol. The fraction of sp³-hybridized carbons (Fsp3) is 0.333. The first kappa shape index (κ1) is 15.7. The molecule has 1 N–H and O–H groups in total. The first-order chi connectivity index (χ1) is 9.81. The van der Waals surface area contributed by atoms with Gasteiger partial charge in [-0.1, -0.05) is 37.3 Å². The zero-order chi connectivity index (χ0) is 15.6. The number of aromatic amines is 1. The van der Waals surface area contributed by atoms with E-state index in [1.807, 2.05) is 13.8 Å². The summed E-state index contributed by atoms with van der Waals surface area (Å²) in [6.07, 6.45) is -3.27. The molecule has 0 aliphatic heterocycles. The van der Waals surface area contributed by atoms with Crippen LogP contribution in [0.2, 0.25) is 0 Å². The summed E-state index contributed by atoms with van der Waals surface area (Å²) in [5.41, 5.74) is 1.78. The second kappa shape index (κ2) is 5.97. The lowest BCUT2D eigenvalue weighted by molar-refractivity contribution is -0.137. The van der Waals surface area contributed by atoms with Gasteiger partial charge in [-0.15, -0.1) is 0 Å². The van der Waals surface area contributed by atoms with E-state index in [4.69, 9.17) is 12.2 Å². The van der Waals surface area contributed by atoms with Crippen LogP contribution >= 0.6 is 12.2 Å². The predicted molar refractivity (Wildman–Crippen MR) is 77.8 cm³/mol. The lowest BCUT2D eigenvalue weighted by atomic mass is 10.1. The van der Waals surface area contributed by atoms with Crippen LogP contribution in [-0.2, 0) is 19.0 Å². The van der Waals surface area contributed by atoms with E-state index in [1.165, 1.54) is 6.07 Å². The number of benzene rings is 1. The smallest absolute Gasteiger partial charge is 0.347 e. The highest BCUT2D eigenvalue weighted by atomic mass is 32.1. The number of nitrogens with one attached hydrogen (secondary N) is 1. The van der Waals surface area contributed by atoms with Crippen molar-refractivity contribution in [2.24, 2.45) is 0 Å². The van der Waals surface area contributed by atoms with Gasteiger partial charge >= 0.3 is 6.18 Å². The highest BCUT2D eigenvalue weighted by Crippen LogP contribution is 2.29. The first-order valence-corrected chi connectivity index (χ1v) is 6.97. The van der Waals surface area contributed by atoms with Gasteiger partial charge in [0, 0.05) is 17.7 Å². The van der Waals surface area contributed by atoms with Crippen molar-refractivity contribution in [3.05, 3.63) is 57.1 Å². The van der Waals surface area contributed by atoms with Crippen LogP contribution in [0.5, 0.6) is 0 Å². The molecule has 1 heterocycles. The Morgan fingerprint density at radius 2 is 2.00 bits per heavy atom. The highest BCUT2D eigenvalue weighted by molar-refractivity contribution is 7.71. The molecule has 1 aromatic heterocycles. The lowest BCUT2D eigenvalue weighted by Crippen LogP contribution is -2.07. The van der Waals surface area contributed by atoms with Crippen molar-refractivity contribution in [1.29, 1.82) is 0 Å². The van der Waals surface area contributed by atoms with Crippen molar-refractivity contribution >= 4 is 12.2 Å². The topological polar surface area (TPSA) is 28.7 Å². The third-order valence-corrected chi connectivity index (χ3v) is 3.68. The summed E-state index contributed by atoms with van der Waals surface area (Å²) >= 11 is 5.18. The number of alkyl halides is 3. The van der Waals surface area contributed by atoms with Crippen LogP contribution in [0.1, 0.15) is 35.1 Å². The molecule has 1 aromatic carbocycles. The van der Waals surface area contributed by atoms with Gasteiger partial charge in [-0.2, -0.15) is 13.2 Å². The van der Waals surface area contributed by atoms with Gasteiger partial charge < -0.3 is 4.98 Å². The Balaban J connectivity index is 2.35. The Hall–Kier alpha value is -1.69. The SMILES string of the molecule is CCc1[nH]c(Cc2cccc(C(F)(F)F)c2)nc(=S)c1C. The molecule has 0 aliphatic carbocycles. The van der Waals surface area contributed by atoms with Crippen molar-refractivity contribution in [2.75, 3.05) is 0 Å². The molecule has 21 heavy (non-hydrogen) atoms. The molecule has 2 aromatic rings. The van der Waals surface area contributed by atoms with E-state index in [0.717, 1.165) is 29.8 Å². The minimum atomic E-state index is -4.34. The van der Waals surface area contributed by atoms with Gasteiger partial charge in [-0.3, -0.25) is 0 Å². The predicted octanol–water partition coefficient (Wildman–Crippen LogP) is 4.62. The molecule has 0 saturated carbocycles. The molecule has 0 fully saturated rings. The maximum atomic E-state index is 12.7. The van der Waals surface area contributed by atoms with Crippen LogP contribution < -0.4 is 0 Å². The third-order valence-electron chi connectivity index (χ3n) is 3.28. The van der Waals surface area contributed by atoms with Gasteiger partial charge in [0.2, 0.25) is 0 Å². The molecule has 2 rings (SSSR count). The fourth-order valence-corrected chi connectivity index (χ4v) is 2.35. The van der Waals surface area contributed by atoms with Crippen molar-refractivity contribution < 1.29 is 13.2 Å². The molecule has 0 bridgehead atoms. The average Bonchev–Trinajstić information content (AvgIpc) is 2.42. The second-order valence-electron chi connectivity index (χ2n) is 4.82. The molecular formula is C15H15F3N2S. The molecule has 0 amide bonds. The number of rotatable bonds is 3. The molecule has 2 nitrogen and oxygen atoms in total. The van der Waals surface area contributed by atoms with Crippen molar-refractivity contribution in [1.82, 2.24) is 9.97 Å². The number of hydrogen-bond donors (Lipinski definition) is 1. The summed E-state index contributed by atoms with van der Waals surface area (Å²) in [7, 11) is 0. The van der Waals surface area contributed by atoms with Crippen molar-refractivity contribution in [2.45, 2.75) is 32.9 Å². The van der Waals surface area contributed by atoms with Gasteiger partial charge in [-0.05, 0) is 25.0 Å². The monoisotopic (exact) mass is 312 g/mol. The Labute approximate surface area is 126 Å².